The van der Waals surface area contributed by atoms with E-state index in [0.717, 1.165) is 32.7 Å². The minimum absolute atomic E-state index is 0.0472. The second-order valence-electron chi connectivity index (χ2n) is 8.28. The van der Waals surface area contributed by atoms with Gasteiger partial charge in [0.2, 0.25) is 5.91 Å². The van der Waals surface area contributed by atoms with E-state index in [1.807, 2.05) is 69.1 Å². The summed E-state index contributed by atoms with van der Waals surface area (Å²) >= 11 is 7.91. The van der Waals surface area contributed by atoms with E-state index in [1.165, 1.54) is 11.8 Å². The SMILES string of the molecule is C=CN(/C=C\C)c1cc(C)nc2c(OCc3c(Cl)cncc3SCC(=O)N(C)C(C)C)cccc12. The topological polar surface area (TPSA) is 58.6 Å². The van der Waals surface area contributed by atoms with Crippen molar-refractivity contribution in [1.82, 2.24) is 14.9 Å². The molecule has 1 amide bonds. The molecule has 8 heteroatoms. The van der Waals surface area contributed by atoms with Crippen LogP contribution in [-0.2, 0) is 11.4 Å². The minimum atomic E-state index is 0.0472. The van der Waals surface area contributed by atoms with Gasteiger partial charge in [-0.15, -0.1) is 11.8 Å². The standard InChI is InChI=1S/C27H31ClN4O2S/c1-7-12-32(8-2)23-13-19(5)30-27-20(23)10-9-11-24(27)34-16-21-22(28)14-29-15-25(21)35-17-26(33)31(6)18(3)4/h7-15,18H,2,16-17H2,1,3-6H3/b12-7-. The summed E-state index contributed by atoms with van der Waals surface area (Å²) in [5.41, 5.74) is 3.38. The smallest absolute Gasteiger partial charge is 0.232 e. The predicted octanol–water partition coefficient (Wildman–Crippen LogP) is 6.61. The van der Waals surface area contributed by atoms with Gasteiger partial charge in [-0.1, -0.05) is 36.4 Å². The van der Waals surface area contributed by atoms with E-state index < -0.39 is 0 Å². The van der Waals surface area contributed by atoms with E-state index >= 15 is 0 Å². The molecule has 2 aromatic heterocycles. The van der Waals surface area contributed by atoms with E-state index in [2.05, 4.69) is 11.6 Å². The highest BCUT2D eigenvalue weighted by Crippen LogP contribution is 2.34. The van der Waals surface area contributed by atoms with Crippen LogP contribution in [0.15, 0.2) is 66.6 Å². The fourth-order valence-electron chi connectivity index (χ4n) is 3.45. The van der Waals surface area contributed by atoms with Crippen molar-refractivity contribution in [2.45, 2.75) is 45.2 Å². The van der Waals surface area contributed by atoms with Crippen molar-refractivity contribution in [3.8, 4) is 5.75 Å². The highest BCUT2D eigenvalue weighted by Gasteiger charge is 2.17. The molecule has 0 saturated carbocycles. The first kappa shape index (κ1) is 26.6. The maximum absolute atomic E-state index is 12.5. The summed E-state index contributed by atoms with van der Waals surface area (Å²) < 4.78 is 6.26. The molecule has 0 bridgehead atoms. The Morgan fingerprint density at radius 3 is 2.77 bits per heavy atom. The van der Waals surface area contributed by atoms with Crippen LogP contribution < -0.4 is 9.64 Å². The molecule has 0 aliphatic carbocycles. The Labute approximate surface area is 216 Å². The lowest BCUT2D eigenvalue weighted by Crippen LogP contribution is -2.34. The van der Waals surface area contributed by atoms with Crippen molar-refractivity contribution >= 4 is 45.9 Å². The van der Waals surface area contributed by atoms with Crippen LogP contribution in [0, 0.1) is 6.92 Å². The molecule has 0 radical (unpaired) electrons. The number of pyridine rings is 2. The molecule has 0 fully saturated rings. The van der Waals surface area contributed by atoms with Crippen molar-refractivity contribution in [3.05, 3.63) is 78.0 Å². The van der Waals surface area contributed by atoms with Crippen LogP contribution >= 0.6 is 23.4 Å². The first-order chi connectivity index (χ1) is 16.8. The molecular weight excluding hydrogens is 480 g/mol. The van der Waals surface area contributed by atoms with Crippen molar-refractivity contribution < 1.29 is 9.53 Å². The zero-order chi connectivity index (χ0) is 25.5. The van der Waals surface area contributed by atoms with Gasteiger partial charge in [0.1, 0.15) is 17.9 Å². The highest BCUT2D eigenvalue weighted by atomic mass is 35.5. The molecule has 1 aromatic carbocycles. The molecule has 2 heterocycles. The summed E-state index contributed by atoms with van der Waals surface area (Å²) in [5, 5.41) is 1.44. The Balaban J connectivity index is 1.89. The van der Waals surface area contributed by atoms with Gasteiger partial charge in [-0.25, -0.2) is 4.98 Å². The lowest BCUT2D eigenvalue weighted by atomic mass is 10.1. The number of nitrogens with zero attached hydrogens (tertiary/aromatic N) is 4. The number of benzene rings is 1. The molecule has 3 rings (SSSR count). The number of rotatable bonds is 10. The molecule has 0 unspecified atom stereocenters. The number of hydrogen-bond donors (Lipinski definition) is 0. The number of allylic oxidation sites excluding steroid dienone is 1. The van der Waals surface area contributed by atoms with Gasteiger partial charge in [0.15, 0.2) is 0 Å². The van der Waals surface area contributed by atoms with Crippen LogP contribution in [-0.4, -0.2) is 39.6 Å². The first-order valence-electron chi connectivity index (χ1n) is 11.3. The number of carbonyl (C=O) groups is 1. The van der Waals surface area contributed by atoms with Crippen LogP contribution in [0.2, 0.25) is 5.02 Å². The van der Waals surface area contributed by atoms with E-state index in [0.29, 0.717) is 16.5 Å². The first-order valence-corrected chi connectivity index (χ1v) is 12.7. The van der Waals surface area contributed by atoms with Crippen LogP contribution in [0.5, 0.6) is 5.75 Å². The third-order valence-electron chi connectivity index (χ3n) is 5.55. The van der Waals surface area contributed by atoms with E-state index in [9.17, 15) is 4.79 Å². The van der Waals surface area contributed by atoms with Gasteiger partial charge in [-0.05, 0) is 39.8 Å². The van der Waals surface area contributed by atoms with Crippen LogP contribution in [0.4, 0.5) is 5.69 Å². The van der Waals surface area contributed by atoms with E-state index in [-0.39, 0.29) is 18.6 Å². The summed E-state index contributed by atoms with van der Waals surface area (Å²) in [6.07, 6.45) is 8.99. The molecular formula is C27H31ClN4O2S. The van der Waals surface area contributed by atoms with Crippen molar-refractivity contribution in [2.75, 3.05) is 17.7 Å². The second kappa shape index (κ2) is 12.1. The molecule has 0 aliphatic heterocycles. The Kier molecular flexibility index (Phi) is 9.18. The monoisotopic (exact) mass is 510 g/mol. The molecule has 0 N–H and O–H groups in total. The largest absolute Gasteiger partial charge is 0.487 e. The van der Waals surface area contributed by atoms with Crippen molar-refractivity contribution in [3.63, 3.8) is 0 Å². The number of anilines is 1. The molecule has 0 aliphatic rings. The van der Waals surface area contributed by atoms with Crippen LogP contribution in [0.25, 0.3) is 10.9 Å². The van der Waals surface area contributed by atoms with Crippen LogP contribution in [0.3, 0.4) is 0 Å². The average Bonchev–Trinajstić information content (AvgIpc) is 2.84. The Bertz CT molecular complexity index is 1250. The zero-order valence-corrected chi connectivity index (χ0v) is 22.4. The number of aryl methyl sites for hydroxylation is 1. The summed E-state index contributed by atoms with van der Waals surface area (Å²) in [6.45, 7) is 12.0. The van der Waals surface area contributed by atoms with Gasteiger partial charge in [0.25, 0.3) is 0 Å². The number of aromatic nitrogens is 2. The molecule has 0 spiro atoms. The van der Waals surface area contributed by atoms with E-state index in [4.69, 9.17) is 21.3 Å². The number of carbonyl (C=O) groups excluding carboxylic acids is 1. The number of ether oxygens (including phenoxy) is 1. The van der Waals surface area contributed by atoms with E-state index in [1.54, 1.807) is 30.5 Å². The third-order valence-corrected chi connectivity index (χ3v) is 6.93. The summed E-state index contributed by atoms with van der Waals surface area (Å²) in [6, 6.07) is 8.02. The minimum Gasteiger partial charge on any atom is -0.487 e. The maximum Gasteiger partial charge on any atom is 0.232 e. The van der Waals surface area contributed by atoms with Gasteiger partial charge in [0.05, 0.1) is 16.5 Å². The quantitative estimate of drug-likeness (QED) is 0.286. The molecule has 0 saturated heterocycles. The number of para-hydroxylation sites is 1. The summed E-state index contributed by atoms with van der Waals surface area (Å²) in [5.74, 6) is 0.993. The van der Waals surface area contributed by atoms with Crippen LogP contribution in [0.1, 0.15) is 32.0 Å². The lowest BCUT2D eigenvalue weighted by molar-refractivity contribution is -0.128. The fourth-order valence-corrected chi connectivity index (χ4v) is 4.68. The zero-order valence-electron chi connectivity index (χ0n) is 20.8. The maximum atomic E-state index is 12.5. The molecule has 6 nitrogen and oxygen atoms in total. The Morgan fingerprint density at radius 1 is 1.31 bits per heavy atom. The lowest BCUT2D eigenvalue weighted by Gasteiger charge is -2.21. The summed E-state index contributed by atoms with van der Waals surface area (Å²) in [4.78, 5) is 25.9. The summed E-state index contributed by atoms with van der Waals surface area (Å²) in [7, 11) is 1.81. The third kappa shape index (κ3) is 6.35. The fraction of sp³-hybridized carbons (Fsp3) is 0.296. The molecule has 35 heavy (non-hydrogen) atoms. The Hall–Kier alpha value is -3.03. The van der Waals surface area contributed by atoms with Gasteiger partial charge in [-0.3, -0.25) is 9.78 Å². The van der Waals surface area contributed by atoms with Gasteiger partial charge >= 0.3 is 0 Å². The number of halogens is 1. The number of amides is 1. The van der Waals surface area contributed by atoms with Crippen molar-refractivity contribution in [1.29, 1.82) is 0 Å². The predicted molar refractivity (Wildman–Crippen MR) is 146 cm³/mol. The van der Waals surface area contributed by atoms with Gasteiger partial charge < -0.3 is 14.5 Å². The molecule has 184 valence electrons. The molecule has 0 atom stereocenters. The highest BCUT2D eigenvalue weighted by molar-refractivity contribution is 8.00. The van der Waals surface area contributed by atoms with Gasteiger partial charge in [-0.2, -0.15) is 0 Å². The average molecular weight is 511 g/mol. The number of fused-ring (bicyclic) bond motifs is 1. The number of hydrogen-bond acceptors (Lipinski definition) is 6. The molecule has 3 aromatic rings. The Morgan fingerprint density at radius 2 is 2.09 bits per heavy atom. The van der Waals surface area contributed by atoms with Crippen molar-refractivity contribution in [2.24, 2.45) is 0 Å². The second-order valence-corrected chi connectivity index (χ2v) is 9.71. The normalized spacial score (nSPS) is 11.3. The van der Waals surface area contributed by atoms with Gasteiger partial charge in [0, 0.05) is 59.4 Å². The number of thioether (sulfide) groups is 1.